The summed E-state index contributed by atoms with van der Waals surface area (Å²) in [6, 6.07) is 17.7. The lowest BCUT2D eigenvalue weighted by Gasteiger charge is -2.07. The summed E-state index contributed by atoms with van der Waals surface area (Å²) in [6.45, 7) is 7.12. The fraction of sp³-hybridized carbons (Fsp3) is 0.217. The Morgan fingerprint density at radius 3 is 2.59 bits per heavy atom. The SMILES string of the molecule is CCCn1c(C)cc(/C=C(\C#N)C(=O)Nc2ccc3ccccc3c2)c1C. The second-order valence-corrected chi connectivity index (χ2v) is 6.66. The van der Waals surface area contributed by atoms with Gasteiger partial charge in [0.15, 0.2) is 0 Å². The summed E-state index contributed by atoms with van der Waals surface area (Å²) in [4.78, 5) is 12.6. The number of fused-ring (bicyclic) bond motifs is 1. The molecule has 0 saturated heterocycles. The number of amides is 1. The highest BCUT2D eigenvalue weighted by atomic mass is 16.1. The van der Waals surface area contributed by atoms with Crippen molar-refractivity contribution < 1.29 is 4.79 Å². The predicted octanol–water partition coefficient (Wildman–Crippen LogP) is 5.21. The highest BCUT2D eigenvalue weighted by Crippen LogP contribution is 2.21. The van der Waals surface area contributed by atoms with Crippen LogP contribution in [0, 0.1) is 25.2 Å². The van der Waals surface area contributed by atoms with Gasteiger partial charge in [-0.1, -0.05) is 37.3 Å². The lowest BCUT2D eigenvalue weighted by atomic mass is 10.1. The number of benzene rings is 2. The first-order valence-electron chi connectivity index (χ1n) is 9.12. The molecule has 4 heteroatoms. The average molecular weight is 357 g/mol. The molecule has 0 atom stereocenters. The lowest BCUT2D eigenvalue weighted by Crippen LogP contribution is -2.13. The van der Waals surface area contributed by atoms with Crippen LogP contribution in [0.15, 0.2) is 54.1 Å². The number of nitriles is 1. The summed E-state index contributed by atoms with van der Waals surface area (Å²) >= 11 is 0. The van der Waals surface area contributed by atoms with Crippen molar-refractivity contribution in [2.45, 2.75) is 33.7 Å². The van der Waals surface area contributed by atoms with Crippen molar-refractivity contribution in [1.82, 2.24) is 4.57 Å². The van der Waals surface area contributed by atoms with Gasteiger partial charge < -0.3 is 9.88 Å². The van der Waals surface area contributed by atoms with Crippen LogP contribution in [0.25, 0.3) is 16.8 Å². The summed E-state index contributed by atoms with van der Waals surface area (Å²) in [5.41, 5.74) is 3.89. The molecule has 4 nitrogen and oxygen atoms in total. The molecule has 0 aliphatic carbocycles. The maximum Gasteiger partial charge on any atom is 0.266 e. The van der Waals surface area contributed by atoms with E-state index in [4.69, 9.17) is 0 Å². The molecule has 3 aromatic rings. The molecule has 0 saturated carbocycles. The second kappa shape index (κ2) is 7.92. The monoisotopic (exact) mass is 357 g/mol. The van der Waals surface area contributed by atoms with Crippen LogP contribution in [0.3, 0.4) is 0 Å². The molecule has 1 aromatic heterocycles. The van der Waals surface area contributed by atoms with Gasteiger partial charge in [0.25, 0.3) is 5.91 Å². The second-order valence-electron chi connectivity index (χ2n) is 6.66. The van der Waals surface area contributed by atoms with Gasteiger partial charge >= 0.3 is 0 Å². The first-order chi connectivity index (χ1) is 13.0. The Morgan fingerprint density at radius 2 is 1.89 bits per heavy atom. The zero-order valence-corrected chi connectivity index (χ0v) is 15.9. The van der Waals surface area contributed by atoms with Crippen LogP contribution in [0.5, 0.6) is 0 Å². The quantitative estimate of drug-likeness (QED) is 0.503. The summed E-state index contributed by atoms with van der Waals surface area (Å²) < 4.78 is 2.21. The molecule has 1 amide bonds. The number of aryl methyl sites for hydroxylation is 1. The van der Waals surface area contributed by atoms with E-state index in [2.05, 4.69) is 16.8 Å². The van der Waals surface area contributed by atoms with E-state index in [1.165, 1.54) is 0 Å². The van der Waals surface area contributed by atoms with Crippen LogP contribution in [-0.2, 0) is 11.3 Å². The molecule has 0 bridgehead atoms. The zero-order chi connectivity index (χ0) is 19.4. The number of rotatable bonds is 5. The van der Waals surface area contributed by atoms with Crippen molar-refractivity contribution >= 4 is 28.4 Å². The minimum absolute atomic E-state index is 0.0971. The van der Waals surface area contributed by atoms with Gasteiger partial charge in [-0.05, 0) is 60.9 Å². The number of carbonyl (C=O) groups is 1. The number of hydrogen-bond donors (Lipinski definition) is 1. The molecule has 0 fully saturated rings. The molecular formula is C23H23N3O. The van der Waals surface area contributed by atoms with Crippen LogP contribution >= 0.6 is 0 Å². The number of nitrogens with one attached hydrogen (secondary N) is 1. The van der Waals surface area contributed by atoms with E-state index in [0.29, 0.717) is 5.69 Å². The van der Waals surface area contributed by atoms with Crippen LogP contribution in [0.2, 0.25) is 0 Å². The van der Waals surface area contributed by atoms with E-state index in [0.717, 1.165) is 40.7 Å². The van der Waals surface area contributed by atoms with Crippen LogP contribution in [-0.4, -0.2) is 10.5 Å². The third kappa shape index (κ3) is 3.93. The van der Waals surface area contributed by atoms with Crippen molar-refractivity contribution in [2.24, 2.45) is 0 Å². The lowest BCUT2D eigenvalue weighted by molar-refractivity contribution is -0.112. The van der Waals surface area contributed by atoms with Crippen LogP contribution in [0.4, 0.5) is 5.69 Å². The molecule has 0 unspecified atom stereocenters. The normalized spacial score (nSPS) is 11.4. The Labute approximate surface area is 159 Å². The third-order valence-electron chi connectivity index (χ3n) is 4.73. The van der Waals surface area contributed by atoms with Crippen molar-refractivity contribution in [3.63, 3.8) is 0 Å². The van der Waals surface area contributed by atoms with Gasteiger partial charge in [-0.15, -0.1) is 0 Å². The molecule has 1 N–H and O–H groups in total. The Morgan fingerprint density at radius 1 is 1.15 bits per heavy atom. The van der Waals surface area contributed by atoms with E-state index >= 15 is 0 Å². The number of carbonyl (C=O) groups excluding carboxylic acids is 1. The van der Waals surface area contributed by atoms with Gasteiger partial charge in [0, 0.05) is 23.6 Å². The van der Waals surface area contributed by atoms with Crippen molar-refractivity contribution in [3.05, 3.63) is 71.1 Å². The minimum atomic E-state index is -0.395. The van der Waals surface area contributed by atoms with Gasteiger partial charge in [0.05, 0.1) is 0 Å². The molecule has 27 heavy (non-hydrogen) atoms. The Kier molecular flexibility index (Phi) is 5.42. The van der Waals surface area contributed by atoms with Crippen LogP contribution in [0.1, 0.15) is 30.3 Å². The standard InChI is InChI=1S/C23H23N3O/c1-4-11-26-16(2)12-20(17(26)3)13-21(15-24)23(27)25-22-10-9-18-7-5-6-8-19(18)14-22/h5-10,12-14H,4,11H2,1-3H3,(H,25,27)/b21-13+. The molecule has 0 aliphatic rings. The fourth-order valence-electron chi connectivity index (χ4n) is 3.31. The molecule has 0 radical (unpaired) electrons. The smallest absolute Gasteiger partial charge is 0.266 e. The summed E-state index contributed by atoms with van der Waals surface area (Å²) in [5.74, 6) is -0.395. The molecule has 136 valence electrons. The third-order valence-corrected chi connectivity index (χ3v) is 4.73. The largest absolute Gasteiger partial charge is 0.349 e. The fourth-order valence-corrected chi connectivity index (χ4v) is 3.31. The molecule has 1 heterocycles. The number of anilines is 1. The van der Waals surface area contributed by atoms with Gasteiger partial charge in [-0.2, -0.15) is 5.26 Å². The van der Waals surface area contributed by atoms with Gasteiger partial charge in [0.2, 0.25) is 0 Å². The van der Waals surface area contributed by atoms with Crippen molar-refractivity contribution in [3.8, 4) is 6.07 Å². The van der Waals surface area contributed by atoms with E-state index in [-0.39, 0.29) is 5.57 Å². The molecule has 2 aromatic carbocycles. The molecule has 0 spiro atoms. The summed E-state index contributed by atoms with van der Waals surface area (Å²) in [7, 11) is 0. The van der Waals surface area contributed by atoms with Crippen molar-refractivity contribution in [2.75, 3.05) is 5.32 Å². The van der Waals surface area contributed by atoms with E-state index < -0.39 is 5.91 Å². The Balaban J connectivity index is 1.86. The summed E-state index contributed by atoms with van der Waals surface area (Å²) in [5, 5.41) is 14.5. The number of aromatic nitrogens is 1. The number of nitrogens with zero attached hydrogens (tertiary/aromatic N) is 2. The Bertz CT molecular complexity index is 1070. The molecular weight excluding hydrogens is 334 g/mol. The first-order valence-corrected chi connectivity index (χ1v) is 9.12. The maximum absolute atomic E-state index is 12.6. The predicted molar refractivity (Wildman–Crippen MR) is 110 cm³/mol. The van der Waals surface area contributed by atoms with Crippen LogP contribution < -0.4 is 5.32 Å². The highest BCUT2D eigenvalue weighted by Gasteiger charge is 2.13. The van der Waals surface area contributed by atoms with Gasteiger partial charge in [0.1, 0.15) is 11.6 Å². The average Bonchev–Trinajstić information content (AvgIpc) is 2.93. The minimum Gasteiger partial charge on any atom is -0.349 e. The van der Waals surface area contributed by atoms with Gasteiger partial charge in [-0.3, -0.25) is 4.79 Å². The maximum atomic E-state index is 12.6. The molecule has 0 aliphatic heterocycles. The van der Waals surface area contributed by atoms with Crippen molar-refractivity contribution in [1.29, 1.82) is 5.26 Å². The first kappa shape index (κ1) is 18.5. The van der Waals surface area contributed by atoms with E-state index in [1.54, 1.807) is 6.08 Å². The van der Waals surface area contributed by atoms with E-state index in [1.807, 2.05) is 68.4 Å². The summed E-state index contributed by atoms with van der Waals surface area (Å²) in [6.07, 6.45) is 2.71. The topological polar surface area (TPSA) is 57.8 Å². The zero-order valence-electron chi connectivity index (χ0n) is 15.9. The Hall–Kier alpha value is -3.32. The number of hydrogen-bond acceptors (Lipinski definition) is 2. The highest BCUT2D eigenvalue weighted by molar-refractivity contribution is 6.10. The van der Waals surface area contributed by atoms with E-state index in [9.17, 15) is 10.1 Å². The van der Waals surface area contributed by atoms with Gasteiger partial charge in [-0.25, -0.2) is 0 Å². The molecule has 3 rings (SSSR count).